The standard InChI is InChI=1S/C14H24N2O2/c1-4-16-10-12(9-15-16)13(17)14(18-3)7-5-11(2)6-8-14/h9-11,13,17H,4-8H2,1-3H3. The molecular weight excluding hydrogens is 228 g/mol. The van der Waals surface area contributed by atoms with Gasteiger partial charge in [-0.25, -0.2) is 0 Å². The van der Waals surface area contributed by atoms with Crippen LogP contribution >= 0.6 is 0 Å². The first-order valence-electron chi connectivity index (χ1n) is 6.87. The smallest absolute Gasteiger partial charge is 0.111 e. The molecule has 1 aromatic rings. The summed E-state index contributed by atoms with van der Waals surface area (Å²) < 4.78 is 7.54. The number of nitrogens with zero attached hydrogens (tertiary/aromatic N) is 2. The molecule has 18 heavy (non-hydrogen) atoms. The van der Waals surface area contributed by atoms with Crippen LogP contribution in [-0.4, -0.2) is 27.6 Å². The van der Waals surface area contributed by atoms with Crippen molar-refractivity contribution in [3.63, 3.8) is 0 Å². The number of aliphatic hydroxyl groups is 1. The quantitative estimate of drug-likeness (QED) is 0.895. The minimum Gasteiger partial charge on any atom is -0.385 e. The average molecular weight is 252 g/mol. The number of hydrogen-bond acceptors (Lipinski definition) is 3. The van der Waals surface area contributed by atoms with Crippen LogP contribution in [0.5, 0.6) is 0 Å². The summed E-state index contributed by atoms with van der Waals surface area (Å²) in [7, 11) is 1.71. The summed E-state index contributed by atoms with van der Waals surface area (Å²) in [5.74, 6) is 0.735. The topological polar surface area (TPSA) is 47.3 Å². The Bertz CT molecular complexity index is 381. The molecule has 0 bridgehead atoms. The Balaban J connectivity index is 2.16. The van der Waals surface area contributed by atoms with Crippen LogP contribution in [0.15, 0.2) is 12.4 Å². The summed E-state index contributed by atoms with van der Waals surface area (Å²) >= 11 is 0. The summed E-state index contributed by atoms with van der Waals surface area (Å²) in [4.78, 5) is 0. The van der Waals surface area contributed by atoms with E-state index in [1.807, 2.05) is 17.8 Å². The summed E-state index contributed by atoms with van der Waals surface area (Å²) in [6, 6.07) is 0. The lowest BCUT2D eigenvalue weighted by Crippen LogP contribution is -2.41. The number of ether oxygens (including phenoxy) is 1. The molecule has 0 amide bonds. The first kappa shape index (κ1) is 13.6. The molecule has 0 aromatic carbocycles. The van der Waals surface area contributed by atoms with Crippen LogP contribution in [0.25, 0.3) is 0 Å². The van der Waals surface area contributed by atoms with Gasteiger partial charge in [0.25, 0.3) is 0 Å². The van der Waals surface area contributed by atoms with Gasteiger partial charge in [-0.15, -0.1) is 0 Å². The molecule has 102 valence electrons. The molecular formula is C14H24N2O2. The number of methoxy groups -OCH3 is 1. The van der Waals surface area contributed by atoms with Crippen LogP contribution in [0.3, 0.4) is 0 Å². The fourth-order valence-corrected chi connectivity index (χ4v) is 2.84. The number of aromatic nitrogens is 2. The Morgan fingerprint density at radius 1 is 1.56 bits per heavy atom. The Morgan fingerprint density at radius 3 is 2.72 bits per heavy atom. The lowest BCUT2D eigenvalue weighted by molar-refractivity contribution is -0.130. The van der Waals surface area contributed by atoms with E-state index in [1.54, 1.807) is 13.3 Å². The highest BCUT2D eigenvalue weighted by Gasteiger charge is 2.41. The van der Waals surface area contributed by atoms with Crippen molar-refractivity contribution in [3.8, 4) is 0 Å². The van der Waals surface area contributed by atoms with Crippen molar-refractivity contribution in [1.82, 2.24) is 9.78 Å². The molecule has 1 aromatic heterocycles. The van der Waals surface area contributed by atoms with Crippen molar-refractivity contribution < 1.29 is 9.84 Å². The molecule has 1 fully saturated rings. The second-order valence-corrected chi connectivity index (χ2v) is 5.48. The molecule has 1 aliphatic rings. The third-order valence-corrected chi connectivity index (χ3v) is 4.32. The summed E-state index contributed by atoms with van der Waals surface area (Å²) in [5, 5.41) is 14.8. The predicted octanol–water partition coefficient (Wildman–Crippen LogP) is 2.53. The number of aryl methyl sites for hydroxylation is 1. The molecule has 1 aliphatic carbocycles. The largest absolute Gasteiger partial charge is 0.385 e. The van der Waals surface area contributed by atoms with Gasteiger partial charge >= 0.3 is 0 Å². The van der Waals surface area contributed by atoms with Crippen LogP contribution in [0, 0.1) is 5.92 Å². The predicted molar refractivity (Wildman–Crippen MR) is 70.2 cm³/mol. The van der Waals surface area contributed by atoms with Crippen molar-refractivity contribution in [2.24, 2.45) is 5.92 Å². The third-order valence-electron chi connectivity index (χ3n) is 4.32. The van der Waals surface area contributed by atoms with E-state index in [-0.39, 0.29) is 0 Å². The first-order chi connectivity index (χ1) is 8.61. The minimum absolute atomic E-state index is 0.423. The first-order valence-corrected chi connectivity index (χ1v) is 6.87. The third kappa shape index (κ3) is 2.45. The molecule has 1 heterocycles. The number of rotatable bonds is 4. The van der Waals surface area contributed by atoms with Crippen molar-refractivity contribution in [2.45, 2.75) is 57.8 Å². The lowest BCUT2D eigenvalue weighted by Gasteiger charge is -2.41. The Hall–Kier alpha value is -0.870. The van der Waals surface area contributed by atoms with Gasteiger partial charge in [-0.2, -0.15) is 5.10 Å². The minimum atomic E-state index is -0.574. The second-order valence-electron chi connectivity index (χ2n) is 5.48. The van der Waals surface area contributed by atoms with Crippen LogP contribution in [0.1, 0.15) is 51.2 Å². The fraction of sp³-hybridized carbons (Fsp3) is 0.786. The van der Waals surface area contributed by atoms with Crippen LogP contribution in [0.2, 0.25) is 0 Å². The fourth-order valence-electron chi connectivity index (χ4n) is 2.84. The molecule has 0 saturated heterocycles. The number of aliphatic hydroxyl groups excluding tert-OH is 1. The van der Waals surface area contributed by atoms with E-state index >= 15 is 0 Å². The van der Waals surface area contributed by atoms with Gasteiger partial charge in [-0.3, -0.25) is 4.68 Å². The molecule has 4 nitrogen and oxygen atoms in total. The van der Waals surface area contributed by atoms with E-state index < -0.39 is 11.7 Å². The van der Waals surface area contributed by atoms with Gasteiger partial charge in [0.2, 0.25) is 0 Å². The van der Waals surface area contributed by atoms with E-state index in [1.165, 1.54) is 0 Å². The SMILES string of the molecule is CCn1cc(C(O)C2(OC)CCC(C)CC2)cn1. The van der Waals surface area contributed by atoms with E-state index in [0.29, 0.717) is 0 Å². The maximum Gasteiger partial charge on any atom is 0.111 e. The van der Waals surface area contributed by atoms with Crippen LogP contribution < -0.4 is 0 Å². The zero-order chi connectivity index (χ0) is 13.2. The van der Waals surface area contributed by atoms with Gasteiger partial charge < -0.3 is 9.84 Å². The van der Waals surface area contributed by atoms with Gasteiger partial charge in [-0.1, -0.05) is 6.92 Å². The summed E-state index contributed by atoms with van der Waals surface area (Å²) in [6.45, 7) is 5.13. The van der Waals surface area contributed by atoms with E-state index in [9.17, 15) is 5.11 Å². The van der Waals surface area contributed by atoms with Crippen molar-refractivity contribution >= 4 is 0 Å². The van der Waals surface area contributed by atoms with Crippen molar-refractivity contribution in [1.29, 1.82) is 0 Å². The summed E-state index contributed by atoms with van der Waals surface area (Å²) in [5.41, 5.74) is 0.446. The van der Waals surface area contributed by atoms with Crippen molar-refractivity contribution in [3.05, 3.63) is 18.0 Å². The van der Waals surface area contributed by atoms with E-state index in [4.69, 9.17) is 4.74 Å². The van der Waals surface area contributed by atoms with Gasteiger partial charge in [0, 0.05) is 25.4 Å². The normalized spacial score (nSPS) is 30.3. The molecule has 0 aliphatic heterocycles. The van der Waals surface area contributed by atoms with Gasteiger partial charge in [0.05, 0.1) is 11.8 Å². The molecule has 2 rings (SSSR count). The zero-order valence-corrected chi connectivity index (χ0v) is 11.6. The van der Waals surface area contributed by atoms with Gasteiger partial charge in [0.1, 0.15) is 6.10 Å². The monoisotopic (exact) mass is 252 g/mol. The summed E-state index contributed by atoms with van der Waals surface area (Å²) in [6.07, 6.45) is 7.18. The highest BCUT2D eigenvalue weighted by molar-refractivity contribution is 5.14. The zero-order valence-electron chi connectivity index (χ0n) is 11.6. The molecule has 1 saturated carbocycles. The molecule has 0 spiro atoms. The highest BCUT2D eigenvalue weighted by Crippen LogP contribution is 2.42. The van der Waals surface area contributed by atoms with Crippen LogP contribution in [-0.2, 0) is 11.3 Å². The van der Waals surface area contributed by atoms with Gasteiger partial charge in [-0.05, 0) is 38.5 Å². The molecule has 1 atom stereocenters. The van der Waals surface area contributed by atoms with Crippen molar-refractivity contribution in [2.75, 3.05) is 7.11 Å². The second kappa shape index (κ2) is 5.41. The molecule has 0 radical (unpaired) electrons. The Kier molecular flexibility index (Phi) is 4.07. The number of hydrogen-bond donors (Lipinski definition) is 1. The molecule has 4 heteroatoms. The lowest BCUT2D eigenvalue weighted by atomic mass is 9.75. The molecule has 1 N–H and O–H groups in total. The Morgan fingerprint density at radius 2 is 2.22 bits per heavy atom. The maximum absolute atomic E-state index is 10.6. The van der Waals surface area contributed by atoms with E-state index in [2.05, 4.69) is 12.0 Å². The van der Waals surface area contributed by atoms with Crippen LogP contribution in [0.4, 0.5) is 0 Å². The molecule has 1 unspecified atom stereocenters. The highest BCUT2D eigenvalue weighted by atomic mass is 16.5. The maximum atomic E-state index is 10.6. The van der Waals surface area contributed by atoms with Gasteiger partial charge in [0.15, 0.2) is 0 Å². The average Bonchev–Trinajstić information content (AvgIpc) is 2.88. The van der Waals surface area contributed by atoms with E-state index in [0.717, 1.165) is 43.7 Å². The Labute approximate surface area is 109 Å².